The van der Waals surface area contributed by atoms with Gasteiger partial charge in [0.25, 0.3) is 0 Å². The molecule has 0 radical (unpaired) electrons. The van der Waals surface area contributed by atoms with Crippen molar-refractivity contribution in [3.63, 3.8) is 0 Å². The number of nitrogen functional groups attached to an aromatic ring is 1. The fourth-order valence-electron chi connectivity index (χ4n) is 1.75. The van der Waals surface area contributed by atoms with E-state index in [-0.39, 0.29) is 11.5 Å². The first-order valence-electron chi connectivity index (χ1n) is 5.39. The fraction of sp³-hybridized carbons (Fsp3) is 0.583. The molecule has 0 aliphatic heterocycles. The fourth-order valence-corrected chi connectivity index (χ4v) is 1.75. The van der Waals surface area contributed by atoms with Gasteiger partial charge in [0, 0.05) is 29.7 Å². The standard InChI is InChI=1S/C12H21N3/c1-5-15-11(12(2,3)4)9-8-14-7-6-10(9)13/h6-8,11,15H,5H2,1-4H3,(H2,13,14). The third-order valence-corrected chi connectivity index (χ3v) is 2.47. The van der Waals surface area contributed by atoms with Gasteiger partial charge in [-0.15, -0.1) is 0 Å². The molecule has 0 aliphatic rings. The lowest BCUT2D eigenvalue weighted by Crippen LogP contribution is -2.32. The lowest BCUT2D eigenvalue weighted by atomic mass is 9.82. The molecule has 0 fully saturated rings. The average Bonchev–Trinajstić information content (AvgIpc) is 2.14. The zero-order valence-electron chi connectivity index (χ0n) is 10.0. The third-order valence-electron chi connectivity index (χ3n) is 2.47. The Hall–Kier alpha value is -1.09. The zero-order valence-corrected chi connectivity index (χ0v) is 10.0. The molecule has 3 heteroatoms. The summed E-state index contributed by atoms with van der Waals surface area (Å²) in [5.41, 5.74) is 8.00. The Balaban J connectivity index is 3.05. The van der Waals surface area contributed by atoms with E-state index in [1.165, 1.54) is 0 Å². The second-order valence-electron chi connectivity index (χ2n) is 4.86. The largest absolute Gasteiger partial charge is 0.398 e. The summed E-state index contributed by atoms with van der Waals surface area (Å²) in [6, 6.07) is 2.10. The van der Waals surface area contributed by atoms with E-state index in [0.29, 0.717) is 0 Å². The van der Waals surface area contributed by atoms with Gasteiger partial charge < -0.3 is 11.1 Å². The van der Waals surface area contributed by atoms with Crippen molar-refractivity contribution < 1.29 is 0 Å². The molecule has 84 valence electrons. The summed E-state index contributed by atoms with van der Waals surface area (Å²) in [7, 11) is 0. The summed E-state index contributed by atoms with van der Waals surface area (Å²) in [6.45, 7) is 9.63. The van der Waals surface area contributed by atoms with E-state index in [4.69, 9.17) is 5.73 Å². The summed E-state index contributed by atoms with van der Waals surface area (Å²) < 4.78 is 0. The highest BCUT2D eigenvalue weighted by Gasteiger charge is 2.26. The molecule has 1 aromatic rings. The molecule has 0 amide bonds. The maximum absolute atomic E-state index is 5.97. The molecule has 0 aliphatic carbocycles. The topological polar surface area (TPSA) is 50.9 Å². The van der Waals surface area contributed by atoms with Crippen LogP contribution in [-0.4, -0.2) is 11.5 Å². The Morgan fingerprint density at radius 2 is 2.13 bits per heavy atom. The van der Waals surface area contributed by atoms with Crippen molar-refractivity contribution in [2.24, 2.45) is 5.41 Å². The van der Waals surface area contributed by atoms with Crippen molar-refractivity contribution in [2.75, 3.05) is 12.3 Å². The number of aromatic nitrogens is 1. The van der Waals surface area contributed by atoms with Gasteiger partial charge in [-0.1, -0.05) is 27.7 Å². The van der Waals surface area contributed by atoms with Crippen LogP contribution in [0.3, 0.4) is 0 Å². The first-order chi connectivity index (χ1) is 6.96. The highest BCUT2D eigenvalue weighted by Crippen LogP contribution is 2.34. The maximum atomic E-state index is 5.97. The second kappa shape index (κ2) is 4.62. The number of nitrogens with zero attached hydrogens (tertiary/aromatic N) is 1. The lowest BCUT2D eigenvalue weighted by molar-refractivity contribution is 0.277. The SMILES string of the molecule is CCNC(c1cnccc1N)C(C)(C)C. The van der Waals surface area contributed by atoms with Gasteiger partial charge in [0.2, 0.25) is 0 Å². The second-order valence-corrected chi connectivity index (χ2v) is 4.86. The Kier molecular flexibility index (Phi) is 3.69. The molecular formula is C12H21N3. The van der Waals surface area contributed by atoms with Crippen molar-refractivity contribution in [3.8, 4) is 0 Å². The molecule has 0 saturated heterocycles. The molecule has 1 unspecified atom stereocenters. The van der Waals surface area contributed by atoms with E-state index >= 15 is 0 Å². The summed E-state index contributed by atoms with van der Waals surface area (Å²) in [5.74, 6) is 0. The van der Waals surface area contributed by atoms with E-state index < -0.39 is 0 Å². The van der Waals surface area contributed by atoms with Crippen molar-refractivity contribution in [1.29, 1.82) is 0 Å². The number of hydrogen-bond acceptors (Lipinski definition) is 3. The van der Waals surface area contributed by atoms with Gasteiger partial charge in [-0.3, -0.25) is 4.98 Å². The maximum Gasteiger partial charge on any atom is 0.0405 e. The quantitative estimate of drug-likeness (QED) is 0.800. The molecule has 0 saturated carbocycles. The van der Waals surface area contributed by atoms with Crippen molar-refractivity contribution >= 4 is 5.69 Å². The van der Waals surface area contributed by atoms with Crippen molar-refractivity contribution in [2.45, 2.75) is 33.7 Å². The van der Waals surface area contributed by atoms with Crippen LogP contribution >= 0.6 is 0 Å². The highest BCUT2D eigenvalue weighted by molar-refractivity contribution is 5.46. The predicted molar refractivity (Wildman–Crippen MR) is 64.5 cm³/mol. The van der Waals surface area contributed by atoms with Crippen LogP contribution in [0.15, 0.2) is 18.5 Å². The monoisotopic (exact) mass is 207 g/mol. The molecule has 0 aromatic carbocycles. The van der Waals surface area contributed by atoms with E-state index in [0.717, 1.165) is 17.8 Å². The van der Waals surface area contributed by atoms with Crippen molar-refractivity contribution in [3.05, 3.63) is 24.0 Å². The van der Waals surface area contributed by atoms with Crippen LogP contribution < -0.4 is 11.1 Å². The van der Waals surface area contributed by atoms with Gasteiger partial charge in [-0.05, 0) is 18.0 Å². The van der Waals surface area contributed by atoms with E-state index in [9.17, 15) is 0 Å². The van der Waals surface area contributed by atoms with Crippen LogP contribution in [0, 0.1) is 5.41 Å². The first kappa shape index (κ1) is 12.0. The molecule has 1 aromatic heterocycles. The van der Waals surface area contributed by atoms with Gasteiger partial charge >= 0.3 is 0 Å². The van der Waals surface area contributed by atoms with Crippen LogP contribution in [-0.2, 0) is 0 Å². The Bertz CT molecular complexity index is 315. The van der Waals surface area contributed by atoms with Gasteiger partial charge in [-0.25, -0.2) is 0 Å². The van der Waals surface area contributed by atoms with Gasteiger partial charge in [-0.2, -0.15) is 0 Å². The lowest BCUT2D eigenvalue weighted by Gasteiger charge is -2.32. The van der Waals surface area contributed by atoms with Crippen LogP contribution in [0.5, 0.6) is 0 Å². The summed E-state index contributed by atoms with van der Waals surface area (Å²) in [4.78, 5) is 4.14. The van der Waals surface area contributed by atoms with E-state index in [2.05, 4.69) is 38.0 Å². The smallest absolute Gasteiger partial charge is 0.0405 e. The number of anilines is 1. The normalized spacial score (nSPS) is 13.9. The zero-order chi connectivity index (χ0) is 11.5. The molecule has 0 spiro atoms. The van der Waals surface area contributed by atoms with Crippen LogP contribution in [0.2, 0.25) is 0 Å². The summed E-state index contributed by atoms with van der Waals surface area (Å²) in [5, 5.41) is 3.46. The Labute approximate surface area is 92.1 Å². The number of nitrogens with two attached hydrogens (primary N) is 1. The molecular weight excluding hydrogens is 186 g/mol. The van der Waals surface area contributed by atoms with Gasteiger partial charge in [0.05, 0.1) is 0 Å². The van der Waals surface area contributed by atoms with Crippen LogP contribution in [0.4, 0.5) is 5.69 Å². The number of pyridine rings is 1. The minimum Gasteiger partial charge on any atom is -0.398 e. The molecule has 1 atom stereocenters. The average molecular weight is 207 g/mol. The molecule has 15 heavy (non-hydrogen) atoms. The third kappa shape index (κ3) is 2.93. The van der Waals surface area contributed by atoms with E-state index in [1.807, 2.05) is 12.3 Å². The van der Waals surface area contributed by atoms with Crippen LogP contribution in [0.1, 0.15) is 39.3 Å². The van der Waals surface area contributed by atoms with Gasteiger partial charge in [0.1, 0.15) is 0 Å². The number of hydrogen-bond donors (Lipinski definition) is 2. The van der Waals surface area contributed by atoms with Crippen molar-refractivity contribution in [1.82, 2.24) is 10.3 Å². The van der Waals surface area contributed by atoms with Crippen LogP contribution in [0.25, 0.3) is 0 Å². The molecule has 3 nitrogen and oxygen atoms in total. The minimum atomic E-state index is 0.132. The minimum absolute atomic E-state index is 0.132. The molecule has 1 rings (SSSR count). The Morgan fingerprint density at radius 3 is 2.60 bits per heavy atom. The summed E-state index contributed by atoms with van der Waals surface area (Å²) in [6.07, 6.45) is 3.58. The number of nitrogens with one attached hydrogen (secondary N) is 1. The van der Waals surface area contributed by atoms with E-state index in [1.54, 1.807) is 6.20 Å². The molecule has 1 heterocycles. The first-order valence-corrected chi connectivity index (χ1v) is 5.39. The van der Waals surface area contributed by atoms with Gasteiger partial charge in [0.15, 0.2) is 0 Å². The highest BCUT2D eigenvalue weighted by atomic mass is 14.9. The molecule has 0 bridgehead atoms. The Morgan fingerprint density at radius 1 is 1.47 bits per heavy atom. The number of rotatable bonds is 3. The summed E-state index contributed by atoms with van der Waals surface area (Å²) >= 11 is 0. The molecule has 3 N–H and O–H groups in total. The predicted octanol–water partition coefficient (Wildman–Crippen LogP) is 2.36.